The van der Waals surface area contributed by atoms with Crippen LogP contribution in [0.1, 0.15) is 18.4 Å². The quantitative estimate of drug-likeness (QED) is 0.710. The molecule has 0 radical (unpaired) electrons. The number of morpholine rings is 1. The number of carbonyl (C=O) groups excluding carboxylic acids is 2. The number of alkyl halides is 3. The van der Waals surface area contributed by atoms with Gasteiger partial charge in [0.25, 0.3) is 5.91 Å². The Morgan fingerprint density at radius 1 is 1.00 bits per heavy atom. The van der Waals surface area contributed by atoms with Crippen molar-refractivity contribution >= 4 is 11.9 Å². The van der Waals surface area contributed by atoms with Gasteiger partial charge in [0.2, 0.25) is 5.54 Å². The fourth-order valence-corrected chi connectivity index (χ4v) is 4.60. The number of piperidine rings is 1. The minimum absolute atomic E-state index is 0.139. The molecule has 7 nitrogen and oxygen atoms in total. The van der Waals surface area contributed by atoms with E-state index < -0.39 is 23.7 Å². The van der Waals surface area contributed by atoms with Gasteiger partial charge in [-0.2, -0.15) is 13.2 Å². The molecule has 0 bridgehead atoms. The summed E-state index contributed by atoms with van der Waals surface area (Å²) in [7, 11) is 0. The average molecular weight is 440 g/mol. The first-order valence-electron chi connectivity index (χ1n) is 10.6. The molecule has 1 aromatic carbocycles. The van der Waals surface area contributed by atoms with Crippen molar-refractivity contribution < 1.29 is 27.5 Å². The number of amides is 3. The molecule has 170 valence electrons. The Kier molecular flexibility index (Phi) is 6.23. The van der Waals surface area contributed by atoms with E-state index in [2.05, 4.69) is 4.90 Å². The molecule has 3 amide bonds. The number of ether oxygens (including phenoxy) is 1. The van der Waals surface area contributed by atoms with Crippen LogP contribution in [0.4, 0.5) is 18.0 Å². The van der Waals surface area contributed by atoms with E-state index in [4.69, 9.17) is 4.74 Å². The number of hydrogen-bond donors (Lipinski definition) is 1. The zero-order valence-corrected chi connectivity index (χ0v) is 17.2. The highest BCUT2D eigenvalue weighted by atomic mass is 19.4. The molecule has 0 aromatic heterocycles. The second-order valence-corrected chi connectivity index (χ2v) is 8.39. The predicted octanol–water partition coefficient (Wildman–Crippen LogP) is 2.00. The van der Waals surface area contributed by atoms with Crippen LogP contribution in [-0.2, 0) is 15.1 Å². The fraction of sp³-hybridized carbons (Fsp3) is 0.619. The van der Waals surface area contributed by atoms with Gasteiger partial charge in [-0.25, -0.2) is 9.69 Å². The average Bonchev–Trinajstić information content (AvgIpc) is 3.02. The number of hydrogen-bond acceptors (Lipinski definition) is 5. The standard InChI is InChI=1S/C21H27F3N4O3/c22-21(23,24)20(17-4-2-1-3-5-17)18(29)28(19(30)25-20)15-27-8-6-16(7-9-27)14-26-10-12-31-13-11-26/h1-5,16H,6-15H2,(H,25,30). The van der Waals surface area contributed by atoms with Crippen molar-refractivity contribution in [2.45, 2.75) is 24.6 Å². The van der Waals surface area contributed by atoms with Crippen molar-refractivity contribution in [1.29, 1.82) is 0 Å². The zero-order chi connectivity index (χ0) is 22.1. The van der Waals surface area contributed by atoms with Crippen LogP contribution in [0.2, 0.25) is 0 Å². The van der Waals surface area contributed by atoms with Crippen LogP contribution in [0, 0.1) is 5.92 Å². The lowest BCUT2D eigenvalue weighted by Gasteiger charge is -2.37. The van der Waals surface area contributed by atoms with E-state index >= 15 is 0 Å². The number of halogens is 3. The minimum Gasteiger partial charge on any atom is -0.379 e. The Hall–Kier alpha value is -2.17. The molecule has 10 heteroatoms. The van der Waals surface area contributed by atoms with Gasteiger partial charge in [-0.1, -0.05) is 30.3 Å². The molecule has 1 N–H and O–H groups in total. The topological polar surface area (TPSA) is 65.1 Å². The lowest BCUT2D eigenvalue weighted by Crippen LogP contribution is -2.56. The van der Waals surface area contributed by atoms with Crippen LogP contribution in [0.15, 0.2) is 30.3 Å². The van der Waals surface area contributed by atoms with Crippen LogP contribution in [-0.4, -0.2) is 85.4 Å². The van der Waals surface area contributed by atoms with Crippen molar-refractivity contribution in [3.05, 3.63) is 35.9 Å². The molecule has 0 spiro atoms. The van der Waals surface area contributed by atoms with Crippen molar-refractivity contribution in [3.8, 4) is 0 Å². The van der Waals surface area contributed by atoms with Crippen LogP contribution >= 0.6 is 0 Å². The van der Waals surface area contributed by atoms with Crippen LogP contribution in [0.3, 0.4) is 0 Å². The molecule has 3 saturated heterocycles. The summed E-state index contributed by atoms with van der Waals surface area (Å²) >= 11 is 0. The summed E-state index contributed by atoms with van der Waals surface area (Å²) in [5.41, 5.74) is -3.33. The van der Waals surface area contributed by atoms with Gasteiger partial charge >= 0.3 is 12.2 Å². The normalized spacial score (nSPS) is 27.0. The number of rotatable bonds is 5. The number of carbonyl (C=O) groups is 2. The lowest BCUT2D eigenvalue weighted by molar-refractivity contribution is -0.198. The maximum Gasteiger partial charge on any atom is 0.425 e. The molecule has 0 saturated carbocycles. The Balaban J connectivity index is 1.40. The zero-order valence-electron chi connectivity index (χ0n) is 17.2. The number of benzene rings is 1. The highest BCUT2D eigenvalue weighted by Gasteiger charge is 2.68. The number of likely N-dealkylation sites (tertiary alicyclic amines) is 1. The van der Waals surface area contributed by atoms with E-state index in [1.54, 1.807) is 6.07 Å². The molecule has 3 heterocycles. The Labute approximate surface area is 179 Å². The van der Waals surface area contributed by atoms with Gasteiger partial charge in [0.15, 0.2) is 0 Å². The van der Waals surface area contributed by atoms with Gasteiger partial charge in [-0.3, -0.25) is 14.6 Å². The first-order chi connectivity index (χ1) is 14.8. The third-order valence-electron chi connectivity index (χ3n) is 6.41. The number of imide groups is 1. The second kappa shape index (κ2) is 8.76. The molecule has 4 rings (SSSR count). The Morgan fingerprint density at radius 2 is 1.65 bits per heavy atom. The van der Waals surface area contributed by atoms with Crippen LogP contribution in [0.5, 0.6) is 0 Å². The van der Waals surface area contributed by atoms with E-state index in [0.29, 0.717) is 23.9 Å². The third-order valence-corrected chi connectivity index (χ3v) is 6.41. The van der Waals surface area contributed by atoms with Crippen molar-refractivity contribution in [2.75, 3.05) is 52.6 Å². The Bertz CT molecular complexity index is 793. The smallest absolute Gasteiger partial charge is 0.379 e. The van der Waals surface area contributed by atoms with E-state index in [1.165, 1.54) is 24.3 Å². The SMILES string of the molecule is O=C1NC(c2ccccc2)(C(F)(F)F)C(=O)N1CN1CCC(CN2CCOCC2)CC1. The van der Waals surface area contributed by atoms with E-state index in [1.807, 2.05) is 10.2 Å². The molecule has 3 aliphatic heterocycles. The maximum absolute atomic E-state index is 14.1. The summed E-state index contributed by atoms with van der Waals surface area (Å²) in [6, 6.07) is 5.82. The number of nitrogens with one attached hydrogen (secondary N) is 1. The van der Waals surface area contributed by atoms with Gasteiger partial charge < -0.3 is 10.1 Å². The lowest BCUT2D eigenvalue weighted by atomic mass is 9.89. The monoisotopic (exact) mass is 440 g/mol. The first-order valence-corrected chi connectivity index (χ1v) is 10.6. The molecular weight excluding hydrogens is 413 g/mol. The summed E-state index contributed by atoms with van der Waals surface area (Å²) in [6.07, 6.45) is -3.20. The number of nitrogens with zero attached hydrogens (tertiary/aromatic N) is 3. The van der Waals surface area contributed by atoms with Crippen molar-refractivity contribution in [2.24, 2.45) is 5.92 Å². The van der Waals surface area contributed by atoms with E-state index in [-0.39, 0.29) is 12.2 Å². The fourth-order valence-electron chi connectivity index (χ4n) is 4.60. The van der Waals surface area contributed by atoms with Gasteiger partial charge in [0, 0.05) is 32.7 Å². The predicted molar refractivity (Wildman–Crippen MR) is 106 cm³/mol. The second-order valence-electron chi connectivity index (χ2n) is 8.39. The molecular formula is C21H27F3N4O3. The summed E-state index contributed by atoms with van der Waals surface area (Å²) in [4.78, 5) is 30.4. The van der Waals surface area contributed by atoms with Gasteiger partial charge in [-0.05, 0) is 24.3 Å². The molecule has 0 aliphatic carbocycles. The highest BCUT2D eigenvalue weighted by molar-refractivity contribution is 6.08. The molecule has 1 aromatic rings. The Morgan fingerprint density at radius 3 is 2.26 bits per heavy atom. The first kappa shape index (κ1) is 22.0. The molecule has 1 atom stereocenters. The van der Waals surface area contributed by atoms with Gasteiger partial charge in [-0.15, -0.1) is 0 Å². The molecule has 3 aliphatic rings. The van der Waals surface area contributed by atoms with Crippen molar-refractivity contribution in [3.63, 3.8) is 0 Å². The largest absolute Gasteiger partial charge is 0.425 e. The summed E-state index contributed by atoms with van der Waals surface area (Å²) in [6.45, 7) is 5.43. The highest BCUT2D eigenvalue weighted by Crippen LogP contribution is 2.43. The molecule has 1 unspecified atom stereocenters. The van der Waals surface area contributed by atoms with Crippen LogP contribution < -0.4 is 5.32 Å². The van der Waals surface area contributed by atoms with E-state index in [9.17, 15) is 22.8 Å². The number of urea groups is 1. The summed E-state index contributed by atoms with van der Waals surface area (Å²) in [5, 5.41) is 1.94. The van der Waals surface area contributed by atoms with Crippen LogP contribution in [0.25, 0.3) is 0 Å². The summed E-state index contributed by atoms with van der Waals surface area (Å²) < 4.78 is 47.6. The molecule has 31 heavy (non-hydrogen) atoms. The maximum atomic E-state index is 14.1. The van der Waals surface area contributed by atoms with E-state index in [0.717, 1.165) is 45.7 Å². The summed E-state index contributed by atoms with van der Waals surface area (Å²) in [5.74, 6) is -0.775. The molecule has 3 fully saturated rings. The van der Waals surface area contributed by atoms with Gasteiger partial charge in [0.1, 0.15) is 0 Å². The van der Waals surface area contributed by atoms with Gasteiger partial charge in [0.05, 0.1) is 19.9 Å². The minimum atomic E-state index is -4.96. The van der Waals surface area contributed by atoms with Crippen molar-refractivity contribution in [1.82, 2.24) is 20.0 Å². The third kappa shape index (κ3) is 4.28.